The van der Waals surface area contributed by atoms with Crippen LogP contribution in [-0.2, 0) is 6.54 Å². The van der Waals surface area contributed by atoms with Crippen molar-refractivity contribution >= 4 is 27.5 Å². The Morgan fingerprint density at radius 3 is 2.95 bits per heavy atom. The fraction of sp³-hybridized carbons (Fsp3) is 0.357. The summed E-state index contributed by atoms with van der Waals surface area (Å²) >= 11 is 9.81. The fourth-order valence-electron chi connectivity index (χ4n) is 2.17. The summed E-state index contributed by atoms with van der Waals surface area (Å²) < 4.78 is 3.18. The van der Waals surface area contributed by atoms with Crippen molar-refractivity contribution in [1.82, 2.24) is 14.9 Å². The Hall–Kier alpha value is -0.840. The van der Waals surface area contributed by atoms with Gasteiger partial charge < -0.3 is 9.88 Å². The first kappa shape index (κ1) is 14.6. The Kier molecular flexibility index (Phi) is 5.02. The summed E-state index contributed by atoms with van der Waals surface area (Å²) in [7, 11) is 1.92. The van der Waals surface area contributed by atoms with E-state index in [1.807, 2.05) is 37.6 Å². The highest BCUT2D eigenvalue weighted by Crippen LogP contribution is 2.30. The predicted molar refractivity (Wildman–Crippen MR) is 82.6 cm³/mol. The fourth-order valence-corrected chi connectivity index (χ4v) is 2.78. The Bertz CT molecular complexity index is 553. The maximum absolute atomic E-state index is 6.32. The number of rotatable bonds is 5. The molecule has 0 bridgehead atoms. The third-order valence-electron chi connectivity index (χ3n) is 3.03. The second kappa shape index (κ2) is 6.55. The topological polar surface area (TPSA) is 29.9 Å². The Morgan fingerprint density at radius 1 is 1.47 bits per heavy atom. The van der Waals surface area contributed by atoms with E-state index in [4.69, 9.17) is 11.6 Å². The Labute approximate surface area is 127 Å². The molecule has 0 spiro atoms. The molecule has 19 heavy (non-hydrogen) atoms. The Morgan fingerprint density at radius 2 is 2.26 bits per heavy atom. The molecule has 2 aromatic rings. The molecular formula is C14H17BrClN3. The molecule has 0 saturated heterocycles. The molecule has 1 atom stereocenters. The lowest BCUT2D eigenvalue weighted by molar-refractivity contribution is 0.568. The number of hydrogen-bond donors (Lipinski definition) is 1. The smallest absolute Gasteiger partial charge is 0.130 e. The van der Waals surface area contributed by atoms with Gasteiger partial charge in [-0.1, -0.05) is 34.5 Å². The summed E-state index contributed by atoms with van der Waals surface area (Å²) in [6, 6.07) is 5.87. The van der Waals surface area contributed by atoms with Gasteiger partial charge in [0, 0.05) is 28.4 Å². The number of imidazole rings is 1. The van der Waals surface area contributed by atoms with E-state index in [-0.39, 0.29) is 6.04 Å². The van der Waals surface area contributed by atoms with Crippen LogP contribution in [-0.4, -0.2) is 16.6 Å². The minimum atomic E-state index is -0.00782. The molecule has 1 heterocycles. The van der Waals surface area contributed by atoms with Crippen LogP contribution in [0.25, 0.3) is 0 Å². The van der Waals surface area contributed by atoms with Crippen molar-refractivity contribution in [3.05, 3.63) is 51.5 Å². The second-order valence-corrected chi connectivity index (χ2v) is 5.69. The third kappa shape index (κ3) is 3.19. The van der Waals surface area contributed by atoms with Gasteiger partial charge >= 0.3 is 0 Å². The summed E-state index contributed by atoms with van der Waals surface area (Å²) in [5.41, 5.74) is 1.03. The lowest BCUT2D eigenvalue weighted by Gasteiger charge is -2.19. The SMILES string of the molecule is CCCn1ccnc1C(NC)c1cc(Br)ccc1Cl. The molecule has 0 saturated carbocycles. The van der Waals surface area contributed by atoms with Crippen molar-refractivity contribution in [1.29, 1.82) is 0 Å². The molecule has 1 N–H and O–H groups in total. The number of aryl methyl sites for hydroxylation is 1. The molecular weight excluding hydrogens is 326 g/mol. The number of halogens is 2. The molecule has 0 aliphatic carbocycles. The first-order chi connectivity index (χ1) is 9.17. The molecule has 102 valence electrons. The molecule has 0 aliphatic rings. The minimum absolute atomic E-state index is 0.00782. The number of nitrogens with zero attached hydrogens (tertiary/aromatic N) is 2. The van der Waals surface area contributed by atoms with E-state index in [0.717, 1.165) is 33.8 Å². The van der Waals surface area contributed by atoms with Gasteiger partial charge in [0.1, 0.15) is 5.82 Å². The standard InChI is InChI=1S/C14H17BrClN3/c1-3-7-19-8-6-18-14(19)13(17-2)11-9-10(15)4-5-12(11)16/h4-6,8-9,13,17H,3,7H2,1-2H3. The van der Waals surface area contributed by atoms with Crippen molar-refractivity contribution in [2.75, 3.05) is 7.05 Å². The number of aromatic nitrogens is 2. The minimum Gasteiger partial charge on any atom is -0.333 e. The van der Waals surface area contributed by atoms with Gasteiger partial charge in [-0.15, -0.1) is 0 Å². The van der Waals surface area contributed by atoms with Gasteiger partial charge in [-0.25, -0.2) is 4.98 Å². The van der Waals surface area contributed by atoms with Crippen LogP contribution in [0.15, 0.2) is 35.1 Å². The summed E-state index contributed by atoms with van der Waals surface area (Å²) in [5, 5.41) is 4.04. The number of nitrogens with one attached hydrogen (secondary N) is 1. The van der Waals surface area contributed by atoms with E-state index in [1.54, 1.807) is 0 Å². The van der Waals surface area contributed by atoms with E-state index >= 15 is 0 Å². The maximum Gasteiger partial charge on any atom is 0.130 e. The zero-order valence-electron chi connectivity index (χ0n) is 11.0. The summed E-state index contributed by atoms with van der Waals surface area (Å²) in [6.45, 7) is 3.11. The van der Waals surface area contributed by atoms with Crippen LogP contribution in [0.3, 0.4) is 0 Å². The summed E-state index contributed by atoms with van der Waals surface area (Å²) in [5.74, 6) is 0.990. The average Bonchev–Trinajstić information content (AvgIpc) is 2.83. The zero-order chi connectivity index (χ0) is 13.8. The van der Waals surface area contributed by atoms with Crippen LogP contribution in [0, 0.1) is 0 Å². The van der Waals surface area contributed by atoms with E-state index < -0.39 is 0 Å². The Balaban J connectivity index is 2.44. The molecule has 2 rings (SSSR count). The lowest BCUT2D eigenvalue weighted by atomic mass is 10.1. The molecule has 0 aliphatic heterocycles. The zero-order valence-corrected chi connectivity index (χ0v) is 13.4. The average molecular weight is 343 g/mol. The second-order valence-electron chi connectivity index (χ2n) is 4.37. The third-order valence-corrected chi connectivity index (χ3v) is 3.87. The van der Waals surface area contributed by atoms with Crippen LogP contribution in [0.5, 0.6) is 0 Å². The van der Waals surface area contributed by atoms with Crippen LogP contribution >= 0.6 is 27.5 Å². The van der Waals surface area contributed by atoms with Crippen molar-refractivity contribution in [3.63, 3.8) is 0 Å². The van der Waals surface area contributed by atoms with Crippen molar-refractivity contribution < 1.29 is 0 Å². The van der Waals surface area contributed by atoms with Crippen LogP contribution in [0.4, 0.5) is 0 Å². The summed E-state index contributed by atoms with van der Waals surface area (Å²) in [4.78, 5) is 4.48. The molecule has 1 aromatic carbocycles. The maximum atomic E-state index is 6.32. The van der Waals surface area contributed by atoms with Crippen LogP contribution < -0.4 is 5.32 Å². The predicted octanol–water partition coefficient (Wildman–Crippen LogP) is 4.02. The van der Waals surface area contributed by atoms with E-state index in [0.29, 0.717) is 0 Å². The van der Waals surface area contributed by atoms with Crippen LogP contribution in [0.2, 0.25) is 5.02 Å². The highest BCUT2D eigenvalue weighted by molar-refractivity contribution is 9.10. The van der Waals surface area contributed by atoms with Gasteiger partial charge in [-0.2, -0.15) is 0 Å². The van der Waals surface area contributed by atoms with Gasteiger partial charge in [0.25, 0.3) is 0 Å². The normalized spacial score (nSPS) is 12.6. The molecule has 1 aromatic heterocycles. The first-order valence-corrected chi connectivity index (χ1v) is 7.47. The van der Waals surface area contributed by atoms with Gasteiger partial charge in [-0.3, -0.25) is 0 Å². The molecule has 0 fully saturated rings. The number of hydrogen-bond acceptors (Lipinski definition) is 2. The molecule has 1 unspecified atom stereocenters. The lowest BCUT2D eigenvalue weighted by Crippen LogP contribution is -2.22. The highest BCUT2D eigenvalue weighted by Gasteiger charge is 2.20. The van der Waals surface area contributed by atoms with E-state index in [1.165, 1.54) is 0 Å². The van der Waals surface area contributed by atoms with E-state index in [2.05, 4.69) is 37.7 Å². The molecule has 0 amide bonds. The van der Waals surface area contributed by atoms with Gasteiger partial charge in [0.15, 0.2) is 0 Å². The molecule has 3 nitrogen and oxygen atoms in total. The van der Waals surface area contributed by atoms with Crippen LogP contribution in [0.1, 0.15) is 30.8 Å². The molecule has 0 radical (unpaired) electrons. The highest BCUT2D eigenvalue weighted by atomic mass is 79.9. The number of benzene rings is 1. The van der Waals surface area contributed by atoms with Crippen molar-refractivity contribution in [2.24, 2.45) is 0 Å². The quantitative estimate of drug-likeness (QED) is 0.889. The van der Waals surface area contributed by atoms with E-state index in [9.17, 15) is 0 Å². The molecule has 5 heteroatoms. The van der Waals surface area contributed by atoms with Gasteiger partial charge in [-0.05, 0) is 37.2 Å². The summed E-state index contributed by atoms with van der Waals surface area (Å²) in [6.07, 6.45) is 4.92. The first-order valence-electron chi connectivity index (χ1n) is 6.30. The van der Waals surface area contributed by atoms with Gasteiger partial charge in [0.05, 0.1) is 6.04 Å². The van der Waals surface area contributed by atoms with Gasteiger partial charge in [0.2, 0.25) is 0 Å². The largest absolute Gasteiger partial charge is 0.333 e. The van der Waals surface area contributed by atoms with Crippen molar-refractivity contribution in [3.8, 4) is 0 Å². The van der Waals surface area contributed by atoms with Crippen molar-refractivity contribution in [2.45, 2.75) is 25.9 Å². The monoisotopic (exact) mass is 341 g/mol.